The maximum atomic E-state index is 11.8. The molecule has 1 aromatic rings. The molecular weight excluding hydrogens is 258 g/mol. The topological polar surface area (TPSA) is 49.3 Å². The largest absolute Gasteiger partial charge is 0.384 e. The first-order valence-electron chi connectivity index (χ1n) is 6.25. The van der Waals surface area contributed by atoms with E-state index in [1.807, 2.05) is 11.8 Å². The zero-order valence-electron chi connectivity index (χ0n) is 11.1. The van der Waals surface area contributed by atoms with Crippen molar-refractivity contribution in [3.8, 4) is 11.8 Å². The van der Waals surface area contributed by atoms with Crippen LogP contribution >= 0.6 is 11.8 Å². The van der Waals surface area contributed by atoms with Gasteiger partial charge < -0.3 is 10.4 Å². The second kappa shape index (κ2) is 9.48. The van der Waals surface area contributed by atoms with E-state index in [0.29, 0.717) is 12.1 Å². The number of amides is 1. The van der Waals surface area contributed by atoms with Crippen LogP contribution in [0.1, 0.15) is 28.8 Å². The van der Waals surface area contributed by atoms with Gasteiger partial charge in [-0.05, 0) is 49.1 Å². The molecular formula is C15H19NO2S. The summed E-state index contributed by atoms with van der Waals surface area (Å²) >= 11 is 1.82. The highest BCUT2D eigenvalue weighted by molar-refractivity contribution is 7.98. The Balaban J connectivity index is 2.40. The average Bonchev–Trinajstić information content (AvgIpc) is 2.45. The predicted molar refractivity (Wildman–Crippen MR) is 80.4 cm³/mol. The molecule has 3 nitrogen and oxygen atoms in total. The van der Waals surface area contributed by atoms with E-state index >= 15 is 0 Å². The van der Waals surface area contributed by atoms with Gasteiger partial charge in [0.15, 0.2) is 0 Å². The third-order valence-corrected chi connectivity index (χ3v) is 3.22. The second-order valence-electron chi connectivity index (χ2n) is 3.99. The highest BCUT2D eigenvalue weighted by Crippen LogP contribution is 2.04. The van der Waals surface area contributed by atoms with Crippen LogP contribution in [0.5, 0.6) is 0 Å². The van der Waals surface area contributed by atoms with E-state index < -0.39 is 0 Å². The lowest BCUT2D eigenvalue weighted by molar-refractivity contribution is 0.0953. The molecule has 0 bridgehead atoms. The van der Waals surface area contributed by atoms with E-state index in [-0.39, 0.29) is 12.5 Å². The van der Waals surface area contributed by atoms with Gasteiger partial charge in [-0.2, -0.15) is 11.8 Å². The minimum Gasteiger partial charge on any atom is -0.384 e. The summed E-state index contributed by atoms with van der Waals surface area (Å²) < 4.78 is 0. The Hall–Kier alpha value is -1.44. The summed E-state index contributed by atoms with van der Waals surface area (Å²) in [6.07, 6.45) is 4.21. The van der Waals surface area contributed by atoms with Crippen LogP contribution in [0.3, 0.4) is 0 Å². The first-order valence-corrected chi connectivity index (χ1v) is 7.64. The summed E-state index contributed by atoms with van der Waals surface area (Å²) in [6, 6.07) is 7.06. The Morgan fingerprint density at radius 1 is 1.32 bits per heavy atom. The molecule has 0 saturated carbocycles. The first-order chi connectivity index (χ1) is 9.27. The van der Waals surface area contributed by atoms with Crippen LogP contribution in [0.4, 0.5) is 0 Å². The fourth-order valence-electron chi connectivity index (χ4n) is 1.52. The number of nitrogens with one attached hydrogen (secondary N) is 1. The normalized spacial score (nSPS) is 9.58. The van der Waals surface area contributed by atoms with E-state index in [4.69, 9.17) is 5.11 Å². The third-order valence-electron chi connectivity index (χ3n) is 2.52. The Bertz CT molecular complexity index is 445. The Morgan fingerprint density at radius 3 is 2.68 bits per heavy atom. The summed E-state index contributed by atoms with van der Waals surface area (Å²) in [4.78, 5) is 11.8. The fourth-order valence-corrected chi connectivity index (χ4v) is 2.01. The van der Waals surface area contributed by atoms with Gasteiger partial charge in [0.05, 0.1) is 0 Å². The summed E-state index contributed by atoms with van der Waals surface area (Å²) in [5.74, 6) is 6.45. The summed E-state index contributed by atoms with van der Waals surface area (Å²) in [5.41, 5.74) is 1.44. The molecule has 1 aromatic carbocycles. The molecule has 0 heterocycles. The van der Waals surface area contributed by atoms with Crippen LogP contribution < -0.4 is 5.32 Å². The lowest BCUT2D eigenvalue weighted by Gasteiger charge is -2.04. The van der Waals surface area contributed by atoms with Gasteiger partial charge in [0.25, 0.3) is 5.91 Å². The number of thioether (sulfide) groups is 1. The van der Waals surface area contributed by atoms with Crippen molar-refractivity contribution in [1.29, 1.82) is 0 Å². The highest BCUT2D eigenvalue weighted by atomic mass is 32.2. The molecule has 19 heavy (non-hydrogen) atoms. The molecule has 0 radical (unpaired) electrons. The number of carbonyl (C=O) groups is 1. The van der Waals surface area contributed by atoms with Crippen LogP contribution in [0, 0.1) is 11.8 Å². The Kier molecular flexibility index (Phi) is 7.80. The maximum absolute atomic E-state index is 11.8. The standard InChI is InChI=1S/C15H19NO2S/c1-19-12-3-2-10-16-15(18)14-8-6-13(7-9-14)5-4-11-17/h6-9,17H,2-3,10-12H2,1H3,(H,16,18). The van der Waals surface area contributed by atoms with Crippen molar-refractivity contribution in [3.63, 3.8) is 0 Å². The Morgan fingerprint density at radius 2 is 2.05 bits per heavy atom. The van der Waals surface area contributed by atoms with E-state index in [1.54, 1.807) is 24.3 Å². The number of unbranched alkanes of at least 4 members (excludes halogenated alkanes) is 1. The fraction of sp³-hybridized carbons (Fsp3) is 0.400. The molecule has 2 N–H and O–H groups in total. The molecule has 0 spiro atoms. The number of benzene rings is 1. The minimum absolute atomic E-state index is 0.0502. The number of aliphatic hydroxyl groups is 1. The van der Waals surface area contributed by atoms with Crippen molar-refractivity contribution >= 4 is 17.7 Å². The van der Waals surface area contributed by atoms with Gasteiger partial charge in [-0.3, -0.25) is 4.79 Å². The SMILES string of the molecule is CSCCCCNC(=O)c1ccc(C#CCO)cc1. The van der Waals surface area contributed by atoms with Gasteiger partial charge in [0.1, 0.15) is 6.61 Å². The second-order valence-corrected chi connectivity index (χ2v) is 4.98. The quantitative estimate of drug-likeness (QED) is 0.617. The molecule has 0 fully saturated rings. The molecule has 0 unspecified atom stereocenters. The first kappa shape index (κ1) is 15.6. The number of carbonyl (C=O) groups excluding carboxylic acids is 1. The van der Waals surface area contributed by atoms with Crippen molar-refractivity contribution in [1.82, 2.24) is 5.32 Å². The van der Waals surface area contributed by atoms with Crippen molar-refractivity contribution < 1.29 is 9.90 Å². The molecule has 0 aliphatic heterocycles. The molecule has 0 atom stereocenters. The number of aliphatic hydroxyl groups excluding tert-OH is 1. The van der Waals surface area contributed by atoms with Gasteiger partial charge in [-0.15, -0.1) is 0 Å². The van der Waals surface area contributed by atoms with Gasteiger partial charge in [0, 0.05) is 17.7 Å². The minimum atomic E-state index is -0.154. The van der Waals surface area contributed by atoms with Crippen LogP contribution in [0.15, 0.2) is 24.3 Å². The maximum Gasteiger partial charge on any atom is 0.251 e. The molecule has 102 valence electrons. The van der Waals surface area contributed by atoms with Gasteiger partial charge >= 0.3 is 0 Å². The van der Waals surface area contributed by atoms with Crippen LogP contribution in [0.2, 0.25) is 0 Å². The zero-order valence-corrected chi connectivity index (χ0v) is 11.9. The molecule has 1 rings (SSSR count). The number of hydrogen-bond acceptors (Lipinski definition) is 3. The van der Waals surface area contributed by atoms with E-state index in [0.717, 1.165) is 24.2 Å². The van der Waals surface area contributed by atoms with Crippen molar-refractivity contribution in [2.45, 2.75) is 12.8 Å². The molecule has 0 saturated heterocycles. The number of rotatable bonds is 6. The third kappa shape index (κ3) is 6.32. The monoisotopic (exact) mass is 277 g/mol. The lowest BCUT2D eigenvalue weighted by atomic mass is 10.1. The van der Waals surface area contributed by atoms with Crippen molar-refractivity contribution in [2.24, 2.45) is 0 Å². The van der Waals surface area contributed by atoms with Gasteiger partial charge in [-0.25, -0.2) is 0 Å². The highest BCUT2D eigenvalue weighted by Gasteiger charge is 2.03. The van der Waals surface area contributed by atoms with Crippen LogP contribution in [0.25, 0.3) is 0 Å². The van der Waals surface area contributed by atoms with Gasteiger partial charge in [0.2, 0.25) is 0 Å². The lowest BCUT2D eigenvalue weighted by Crippen LogP contribution is -2.24. The van der Waals surface area contributed by atoms with E-state index in [2.05, 4.69) is 23.4 Å². The van der Waals surface area contributed by atoms with Crippen LogP contribution in [-0.4, -0.2) is 36.2 Å². The summed E-state index contributed by atoms with van der Waals surface area (Å²) in [6.45, 7) is 0.559. The molecule has 0 aromatic heterocycles. The van der Waals surface area contributed by atoms with Crippen molar-refractivity contribution in [2.75, 3.05) is 25.2 Å². The van der Waals surface area contributed by atoms with Gasteiger partial charge in [-0.1, -0.05) is 11.8 Å². The molecule has 4 heteroatoms. The van der Waals surface area contributed by atoms with Crippen LogP contribution in [-0.2, 0) is 0 Å². The molecule has 1 amide bonds. The predicted octanol–water partition coefficient (Wildman–Crippen LogP) is 1.90. The smallest absolute Gasteiger partial charge is 0.251 e. The Labute approximate surface area is 118 Å². The van der Waals surface area contributed by atoms with E-state index in [9.17, 15) is 4.79 Å². The molecule has 0 aliphatic carbocycles. The number of hydrogen-bond donors (Lipinski definition) is 2. The summed E-state index contributed by atoms with van der Waals surface area (Å²) in [7, 11) is 0. The molecule has 0 aliphatic rings. The van der Waals surface area contributed by atoms with Crippen molar-refractivity contribution in [3.05, 3.63) is 35.4 Å². The summed E-state index contributed by atoms with van der Waals surface area (Å²) in [5, 5.41) is 11.5. The van der Waals surface area contributed by atoms with E-state index in [1.165, 1.54) is 0 Å². The zero-order chi connectivity index (χ0) is 13.9. The average molecular weight is 277 g/mol.